The minimum Gasteiger partial charge on any atom is -0.393 e. The molecule has 1 heterocycles. The second kappa shape index (κ2) is 11.3. The van der Waals surface area contributed by atoms with Crippen LogP contribution in [0.1, 0.15) is 58.8 Å². The van der Waals surface area contributed by atoms with Gasteiger partial charge in [0.05, 0.1) is 71.7 Å². The molecule has 0 radical (unpaired) electrons. The van der Waals surface area contributed by atoms with E-state index < -0.39 is 0 Å². The van der Waals surface area contributed by atoms with E-state index in [9.17, 15) is 9.90 Å². The van der Waals surface area contributed by atoms with Gasteiger partial charge in [0.1, 0.15) is 0 Å². The Balaban J connectivity index is 1.05. The highest BCUT2D eigenvalue weighted by molar-refractivity contribution is 5.95. The number of fused-ring (bicyclic) bond motifs is 4. The molecule has 6 rings (SSSR count). The molecule has 8 heteroatoms. The van der Waals surface area contributed by atoms with Gasteiger partial charge in [-0.05, 0) is 74.0 Å². The summed E-state index contributed by atoms with van der Waals surface area (Å²) in [6.07, 6.45) is 9.70. The highest BCUT2D eigenvalue weighted by Gasteiger charge is 2.77. The zero-order valence-corrected chi connectivity index (χ0v) is 24.0. The Morgan fingerprint density at radius 1 is 0.949 bits per heavy atom. The third kappa shape index (κ3) is 4.91. The Hall–Kier alpha value is -1.03. The van der Waals surface area contributed by atoms with Crippen LogP contribution in [0.25, 0.3) is 0 Å². The molecule has 4 saturated carbocycles. The molecule has 8 nitrogen and oxygen atoms in total. The molecule has 5 aliphatic carbocycles. The summed E-state index contributed by atoms with van der Waals surface area (Å²) in [5, 5.41) is 14.6. The Kier molecular flexibility index (Phi) is 8.17. The molecule has 2 N–H and O–H groups in total. The number of nitrogens with one attached hydrogen (secondary N) is 1. The van der Waals surface area contributed by atoms with Crippen molar-refractivity contribution >= 4 is 5.91 Å². The number of allylic oxidation sites excluding steroid dienone is 1. The van der Waals surface area contributed by atoms with Gasteiger partial charge < -0.3 is 34.1 Å². The topological polar surface area (TPSA) is 95.5 Å². The fraction of sp³-hybridized carbons (Fsp3) is 0.903. The van der Waals surface area contributed by atoms with Crippen LogP contribution >= 0.6 is 0 Å². The lowest BCUT2D eigenvalue weighted by Crippen LogP contribution is -2.56. The molecule has 1 amide bonds. The third-order valence-corrected chi connectivity index (χ3v) is 11.9. The molecule has 0 aromatic carbocycles. The maximum Gasteiger partial charge on any atom is 0.247 e. The molecule has 6 aliphatic rings. The maximum absolute atomic E-state index is 13.6. The number of rotatable bonds is 3. The van der Waals surface area contributed by atoms with Crippen LogP contribution < -0.4 is 5.32 Å². The van der Waals surface area contributed by atoms with Crippen molar-refractivity contribution in [3.05, 3.63) is 11.6 Å². The molecule has 1 spiro atoms. The standard InChI is InChI=1S/C31H49NO7/c1-29-7-6-25-23(17-27(33)31-18-21(31)5-8-30(25,31)2)24(29)3-4-26(29)28(34)32-19-22-20-38-14-13-36-10-9-35-11-12-37-15-16-39-22/h4,21-25,27,33H,3,5-20H2,1-2H3,(H,32,34)/t21-,22?,23+,24+,25+,27+,29+,30-,31-/m1/s1. The van der Waals surface area contributed by atoms with E-state index in [-0.39, 0.29) is 34.4 Å². The van der Waals surface area contributed by atoms with E-state index in [2.05, 4.69) is 25.2 Å². The van der Waals surface area contributed by atoms with E-state index in [0.717, 1.165) is 30.8 Å². The summed E-state index contributed by atoms with van der Waals surface area (Å²) >= 11 is 0. The average Bonchev–Trinajstić information content (AvgIpc) is 3.45. The highest BCUT2D eigenvalue weighted by Crippen LogP contribution is 2.81. The molecule has 1 saturated heterocycles. The van der Waals surface area contributed by atoms with Crippen LogP contribution in [0.15, 0.2) is 11.6 Å². The molecule has 39 heavy (non-hydrogen) atoms. The number of ether oxygens (including phenoxy) is 5. The molecular weight excluding hydrogens is 498 g/mol. The number of aliphatic hydroxyl groups excluding tert-OH is 1. The van der Waals surface area contributed by atoms with Crippen molar-refractivity contribution in [1.29, 1.82) is 0 Å². The van der Waals surface area contributed by atoms with Crippen LogP contribution in [0.4, 0.5) is 0 Å². The van der Waals surface area contributed by atoms with E-state index in [4.69, 9.17) is 23.7 Å². The van der Waals surface area contributed by atoms with E-state index in [1.807, 2.05) is 0 Å². The van der Waals surface area contributed by atoms with Crippen molar-refractivity contribution in [2.45, 2.75) is 71.0 Å². The van der Waals surface area contributed by atoms with Gasteiger partial charge in [-0.3, -0.25) is 4.79 Å². The fourth-order valence-electron chi connectivity index (χ4n) is 9.84. The van der Waals surface area contributed by atoms with Crippen LogP contribution in [-0.4, -0.2) is 89.2 Å². The predicted octanol–water partition coefficient (Wildman–Crippen LogP) is 3.12. The average molecular weight is 548 g/mol. The van der Waals surface area contributed by atoms with Gasteiger partial charge in [0, 0.05) is 22.9 Å². The lowest BCUT2D eigenvalue weighted by Gasteiger charge is -2.59. The van der Waals surface area contributed by atoms with Gasteiger partial charge >= 0.3 is 0 Å². The fourth-order valence-corrected chi connectivity index (χ4v) is 9.84. The first kappa shape index (κ1) is 28.1. The summed E-state index contributed by atoms with van der Waals surface area (Å²) in [5.74, 6) is 2.40. The van der Waals surface area contributed by atoms with Crippen LogP contribution in [0.3, 0.4) is 0 Å². The monoisotopic (exact) mass is 547 g/mol. The second-order valence-corrected chi connectivity index (χ2v) is 13.5. The largest absolute Gasteiger partial charge is 0.393 e. The number of hydrogen-bond acceptors (Lipinski definition) is 7. The van der Waals surface area contributed by atoms with Crippen molar-refractivity contribution < 1.29 is 33.6 Å². The Morgan fingerprint density at radius 3 is 2.36 bits per heavy atom. The molecule has 0 aromatic heterocycles. The molecule has 0 bridgehead atoms. The van der Waals surface area contributed by atoms with Gasteiger partial charge in [-0.15, -0.1) is 0 Å². The van der Waals surface area contributed by atoms with Crippen molar-refractivity contribution in [3.63, 3.8) is 0 Å². The maximum atomic E-state index is 13.6. The Morgan fingerprint density at radius 2 is 1.64 bits per heavy atom. The zero-order valence-electron chi connectivity index (χ0n) is 24.0. The Bertz CT molecular complexity index is 911. The van der Waals surface area contributed by atoms with E-state index in [1.54, 1.807) is 0 Å². The first-order chi connectivity index (χ1) is 18.9. The van der Waals surface area contributed by atoms with Crippen molar-refractivity contribution in [2.24, 2.45) is 39.9 Å². The van der Waals surface area contributed by atoms with E-state index in [0.29, 0.717) is 83.8 Å². The molecular formula is C31H49NO7. The van der Waals surface area contributed by atoms with Crippen LogP contribution in [0.2, 0.25) is 0 Å². The summed E-state index contributed by atoms with van der Waals surface area (Å²) < 4.78 is 28.4. The first-order valence-electron chi connectivity index (χ1n) is 15.5. The summed E-state index contributed by atoms with van der Waals surface area (Å²) in [6.45, 7) is 9.64. The van der Waals surface area contributed by atoms with E-state index in [1.165, 1.54) is 25.7 Å². The van der Waals surface area contributed by atoms with Crippen LogP contribution in [-0.2, 0) is 28.5 Å². The van der Waals surface area contributed by atoms with Gasteiger partial charge in [0.15, 0.2) is 0 Å². The van der Waals surface area contributed by atoms with Crippen molar-refractivity contribution in [2.75, 3.05) is 66.0 Å². The molecule has 9 atom stereocenters. The highest BCUT2D eigenvalue weighted by atomic mass is 16.6. The third-order valence-electron chi connectivity index (χ3n) is 11.9. The van der Waals surface area contributed by atoms with Crippen molar-refractivity contribution in [1.82, 2.24) is 5.32 Å². The lowest BCUT2D eigenvalue weighted by atomic mass is 9.45. The quantitative estimate of drug-likeness (QED) is 0.561. The predicted molar refractivity (Wildman–Crippen MR) is 145 cm³/mol. The lowest BCUT2D eigenvalue weighted by molar-refractivity contribution is -0.144. The van der Waals surface area contributed by atoms with Gasteiger partial charge in [0.2, 0.25) is 5.91 Å². The summed E-state index contributed by atoms with van der Waals surface area (Å²) in [4.78, 5) is 13.6. The SMILES string of the molecule is C[C@]12CC[C@H]3[C@@H](C[C@H](O)[C@@]45C[C@H]4CC[C@]35C)[C@@H]1CC=C2C(=O)NCC1COCCOCCOCCOCCO1. The number of carbonyl (C=O) groups is 1. The van der Waals surface area contributed by atoms with Gasteiger partial charge in [-0.1, -0.05) is 19.9 Å². The summed E-state index contributed by atoms with van der Waals surface area (Å²) in [7, 11) is 0. The molecule has 0 aromatic rings. The van der Waals surface area contributed by atoms with Crippen molar-refractivity contribution in [3.8, 4) is 0 Å². The van der Waals surface area contributed by atoms with Gasteiger partial charge in [-0.2, -0.15) is 0 Å². The van der Waals surface area contributed by atoms with Gasteiger partial charge in [-0.25, -0.2) is 0 Å². The van der Waals surface area contributed by atoms with Crippen LogP contribution in [0.5, 0.6) is 0 Å². The zero-order chi connectivity index (χ0) is 27.1. The number of carbonyl (C=O) groups excluding carboxylic acids is 1. The first-order valence-corrected chi connectivity index (χ1v) is 15.5. The molecule has 1 unspecified atom stereocenters. The van der Waals surface area contributed by atoms with Gasteiger partial charge in [0.25, 0.3) is 0 Å². The Labute approximate surface area is 233 Å². The smallest absolute Gasteiger partial charge is 0.247 e. The normalized spacial score (nSPS) is 46.9. The molecule has 5 fully saturated rings. The second-order valence-electron chi connectivity index (χ2n) is 13.5. The van der Waals surface area contributed by atoms with Crippen LogP contribution in [0, 0.1) is 39.9 Å². The minimum absolute atomic E-state index is 0.0248. The minimum atomic E-state index is -0.251. The molecule has 220 valence electrons. The number of hydrogen-bond donors (Lipinski definition) is 2. The summed E-state index contributed by atoms with van der Waals surface area (Å²) in [5.41, 5.74) is 1.29. The molecule has 1 aliphatic heterocycles. The number of amides is 1. The number of aliphatic hydroxyl groups is 1. The summed E-state index contributed by atoms with van der Waals surface area (Å²) in [6, 6.07) is 0. The van der Waals surface area contributed by atoms with E-state index >= 15 is 0 Å².